The first-order valence-electron chi connectivity index (χ1n) is 6.64. The topological polar surface area (TPSA) is 67.4 Å². The second-order valence-corrected chi connectivity index (χ2v) is 5.11. The van der Waals surface area contributed by atoms with E-state index < -0.39 is 0 Å². The van der Waals surface area contributed by atoms with E-state index in [0.717, 1.165) is 5.56 Å². The number of halogens is 1. The first-order chi connectivity index (χ1) is 9.61. The molecule has 1 saturated heterocycles. The second-order valence-electron chi connectivity index (χ2n) is 5.11. The van der Waals surface area contributed by atoms with Gasteiger partial charge in [0.1, 0.15) is 17.7 Å². The minimum atomic E-state index is -0.364. The van der Waals surface area contributed by atoms with Crippen molar-refractivity contribution in [1.29, 1.82) is 0 Å². The zero-order chi connectivity index (χ0) is 14.1. The molecule has 1 fully saturated rings. The van der Waals surface area contributed by atoms with Crippen LogP contribution < -0.4 is 15.4 Å². The third kappa shape index (κ3) is 2.65. The quantitative estimate of drug-likeness (QED) is 0.791. The highest BCUT2D eigenvalue weighted by Crippen LogP contribution is 2.29. The van der Waals surface area contributed by atoms with Crippen LogP contribution in [0.3, 0.4) is 0 Å². The number of hydrogen-bond donors (Lipinski definition) is 2. The number of amides is 2. The smallest absolute Gasteiger partial charge is 0.243 e. The van der Waals surface area contributed by atoms with Gasteiger partial charge in [-0.15, -0.1) is 0 Å². The maximum atomic E-state index is 13.1. The van der Waals surface area contributed by atoms with Crippen LogP contribution in [0.5, 0.6) is 5.75 Å². The van der Waals surface area contributed by atoms with Crippen LogP contribution in [0.15, 0.2) is 18.2 Å². The van der Waals surface area contributed by atoms with E-state index in [4.69, 9.17) is 4.74 Å². The van der Waals surface area contributed by atoms with Crippen molar-refractivity contribution in [1.82, 2.24) is 10.6 Å². The van der Waals surface area contributed by atoms with Gasteiger partial charge in [0.15, 0.2) is 0 Å². The zero-order valence-electron chi connectivity index (χ0n) is 10.8. The lowest BCUT2D eigenvalue weighted by Gasteiger charge is -2.23. The standard InChI is InChI=1S/C14H15FN2O3/c15-9-1-3-12-8(5-9)6-10(20-12)7-16-11-2-4-13(18)17-14(11)19/h1,3,5,10-11,16H,2,4,6-7H2,(H,17,18,19). The lowest BCUT2D eigenvalue weighted by atomic mass is 10.1. The van der Waals surface area contributed by atoms with Crippen LogP contribution in [0.2, 0.25) is 0 Å². The number of carbonyl (C=O) groups is 2. The van der Waals surface area contributed by atoms with Crippen LogP contribution in [0, 0.1) is 5.82 Å². The van der Waals surface area contributed by atoms with E-state index in [1.165, 1.54) is 12.1 Å². The Morgan fingerprint density at radius 3 is 3.05 bits per heavy atom. The highest BCUT2D eigenvalue weighted by Gasteiger charge is 2.29. The normalized spacial score (nSPS) is 25.1. The van der Waals surface area contributed by atoms with Gasteiger partial charge in [0.25, 0.3) is 0 Å². The van der Waals surface area contributed by atoms with E-state index in [2.05, 4.69) is 10.6 Å². The van der Waals surface area contributed by atoms with E-state index in [-0.39, 0.29) is 29.8 Å². The van der Waals surface area contributed by atoms with Crippen molar-refractivity contribution in [3.63, 3.8) is 0 Å². The molecule has 2 heterocycles. The van der Waals surface area contributed by atoms with Crippen molar-refractivity contribution in [2.24, 2.45) is 0 Å². The summed E-state index contributed by atoms with van der Waals surface area (Å²) in [7, 11) is 0. The number of piperidine rings is 1. The predicted octanol–water partition coefficient (Wildman–Crippen LogP) is 0.524. The van der Waals surface area contributed by atoms with Gasteiger partial charge in [0.2, 0.25) is 11.8 Å². The van der Waals surface area contributed by atoms with E-state index in [9.17, 15) is 14.0 Å². The lowest BCUT2D eigenvalue weighted by Crippen LogP contribution is -2.52. The number of fused-ring (bicyclic) bond motifs is 1. The molecule has 2 aliphatic heterocycles. The molecule has 2 aliphatic rings. The molecular formula is C14H15FN2O3. The Balaban J connectivity index is 1.54. The van der Waals surface area contributed by atoms with Gasteiger partial charge >= 0.3 is 0 Å². The van der Waals surface area contributed by atoms with E-state index >= 15 is 0 Å². The average Bonchev–Trinajstić information content (AvgIpc) is 2.79. The monoisotopic (exact) mass is 278 g/mol. The van der Waals surface area contributed by atoms with Gasteiger partial charge in [0, 0.05) is 24.9 Å². The minimum Gasteiger partial charge on any atom is -0.488 e. The Bertz CT molecular complexity index is 561. The van der Waals surface area contributed by atoms with Crippen LogP contribution >= 0.6 is 0 Å². The Kier molecular flexibility index (Phi) is 3.40. The summed E-state index contributed by atoms with van der Waals surface area (Å²) in [6.45, 7) is 0.489. The van der Waals surface area contributed by atoms with Crippen LogP contribution in [-0.2, 0) is 16.0 Å². The van der Waals surface area contributed by atoms with E-state index in [0.29, 0.717) is 31.6 Å². The summed E-state index contributed by atoms with van der Waals surface area (Å²) in [5, 5.41) is 5.40. The Morgan fingerprint density at radius 2 is 2.25 bits per heavy atom. The number of nitrogens with one attached hydrogen (secondary N) is 2. The highest BCUT2D eigenvalue weighted by molar-refractivity contribution is 6.00. The molecule has 0 aliphatic carbocycles. The molecule has 6 heteroatoms. The largest absolute Gasteiger partial charge is 0.488 e. The van der Waals surface area contributed by atoms with Gasteiger partial charge in [-0.3, -0.25) is 14.9 Å². The van der Waals surface area contributed by atoms with E-state index in [1.807, 2.05) is 0 Å². The summed E-state index contributed by atoms with van der Waals surface area (Å²) in [5.74, 6) is -0.0940. The summed E-state index contributed by atoms with van der Waals surface area (Å²) < 4.78 is 18.8. The Labute approximate surface area is 115 Å². The first-order valence-corrected chi connectivity index (χ1v) is 6.64. The van der Waals surface area contributed by atoms with Crippen molar-refractivity contribution >= 4 is 11.8 Å². The van der Waals surface area contributed by atoms with Crippen molar-refractivity contribution in [3.05, 3.63) is 29.6 Å². The van der Waals surface area contributed by atoms with Gasteiger partial charge < -0.3 is 10.1 Å². The highest BCUT2D eigenvalue weighted by atomic mass is 19.1. The molecule has 5 nitrogen and oxygen atoms in total. The van der Waals surface area contributed by atoms with Crippen LogP contribution in [0.1, 0.15) is 18.4 Å². The minimum absolute atomic E-state index is 0.114. The molecule has 106 valence electrons. The fraction of sp³-hybridized carbons (Fsp3) is 0.429. The van der Waals surface area contributed by atoms with Crippen molar-refractivity contribution < 1.29 is 18.7 Å². The molecule has 3 rings (SSSR count). The summed E-state index contributed by atoms with van der Waals surface area (Å²) in [5.41, 5.74) is 0.847. The van der Waals surface area contributed by atoms with Gasteiger partial charge in [-0.1, -0.05) is 0 Å². The molecule has 0 bridgehead atoms. The molecule has 0 saturated carbocycles. The maximum Gasteiger partial charge on any atom is 0.243 e. The van der Waals surface area contributed by atoms with Crippen molar-refractivity contribution in [2.75, 3.05) is 6.54 Å². The summed E-state index contributed by atoms with van der Waals surface area (Å²) in [6.07, 6.45) is 1.35. The summed E-state index contributed by atoms with van der Waals surface area (Å²) in [4.78, 5) is 22.6. The SMILES string of the molecule is O=C1CCC(NCC2Cc3cc(F)ccc3O2)C(=O)N1. The fourth-order valence-electron chi connectivity index (χ4n) is 2.56. The second kappa shape index (κ2) is 5.20. The van der Waals surface area contributed by atoms with E-state index in [1.54, 1.807) is 6.07 Å². The average molecular weight is 278 g/mol. The molecule has 0 radical (unpaired) electrons. The molecule has 1 aromatic carbocycles. The fourth-order valence-corrected chi connectivity index (χ4v) is 2.56. The van der Waals surface area contributed by atoms with Crippen molar-refractivity contribution in [3.8, 4) is 5.75 Å². The third-order valence-corrected chi connectivity index (χ3v) is 3.59. The summed E-state index contributed by atoms with van der Waals surface area (Å²) in [6, 6.07) is 4.10. The number of hydrogen-bond acceptors (Lipinski definition) is 4. The maximum absolute atomic E-state index is 13.1. The van der Waals surface area contributed by atoms with Crippen molar-refractivity contribution in [2.45, 2.75) is 31.4 Å². The lowest BCUT2D eigenvalue weighted by molar-refractivity contribution is -0.134. The molecule has 20 heavy (non-hydrogen) atoms. The molecule has 0 aromatic heterocycles. The molecule has 2 atom stereocenters. The van der Waals surface area contributed by atoms with Crippen LogP contribution in [0.4, 0.5) is 4.39 Å². The van der Waals surface area contributed by atoms with Gasteiger partial charge in [-0.25, -0.2) is 4.39 Å². The number of carbonyl (C=O) groups excluding carboxylic acids is 2. The number of benzene rings is 1. The molecule has 2 amide bonds. The predicted molar refractivity (Wildman–Crippen MR) is 68.7 cm³/mol. The molecule has 0 spiro atoms. The molecule has 2 unspecified atom stereocenters. The zero-order valence-corrected chi connectivity index (χ0v) is 10.8. The number of rotatable bonds is 3. The Morgan fingerprint density at radius 1 is 1.40 bits per heavy atom. The van der Waals surface area contributed by atoms with Gasteiger partial charge in [0.05, 0.1) is 6.04 Å². The molecular weight excluding hydrogens is 263 g/mol. The first kappa shape index (κ1) is 13.1. The summed E-state index contributed by atoms with van der Waals surface area (Å²) >= 11 is 0. The van der Waals surface area contributed by atoms with Gasteiger partial charge in [-0.05, 0) is 24.6 Å². The van der Waals surface area contributed by atoms with Gasteiger partial charge in [-0.2, -0.15) is 0 Å². The number of ether oxygens (including phenoxy) is 1. The molecule has 2 N–H and O–H groups in total. The van der Waals surface area contributed by atoms with Crippen LogP contribution in [0.25, 0.3) is 0 Å². The number of imide groups is 1. The third-order valence-electron chi connectivity index (χ3n) is 3.59. The Hall–Kier alpha value is -1.95. The van der Waals surface area contributed by atoms with Crippen LogP contribution in [-0.4, -0.2) is 30.5 Å². The molecule has 1 aromatic rings.